The standard InChI is InChI=1S/C24H24N4O3/c1-30-13-7-12-26-24(29)19(16-25)14-20-17-28(21-9-4-3-5-10-21)27-23(20)18-8-6-11-22(15-18)31-2/h3-6,8-11,14-15,17H,7,12-13H2,1-2H3,(H,26,29)/b19-14-. The number of aromatic nitrogens is 2. The van der Waals surface area contributed by atoms with Gasteiger partial charge in [0.15, 0.2) is 0 Å². The minimum absolute atomic E-state index is 0.00850. The highest BCUT2D eigenvalue weighted by atomic mass is 16.5. The maximum Gasteiger partial charge on any atom is 0.261 e. The van der Waals surface area contributed by atoms with Gasteiger partial charge in [-0.3, -0.25) is 4.79 Å². The second-order valence-corrected chi connectivity index (χ2v) is 6.72. The highest BCUT2D eigenvalue weighted by Gasteiger charge is 2.15. The van der Waals surface area contributed by atoms with Crippen LogP contribution in [0.3, 0.4) is 0 Å². The molecule has 2 aromatic carbocycles. The molecule has 0 unspecified atom stereocenters. The number of benzene rings is 2. The molecule has 0 aliphatic rings. The molecular formula is C24H24N4O3. The molecular weight excluding hydrogens is 392 g/mol. The summed E-state index contributed by atoms with van der Waals surface area (Å²) in [7, 11) is 3.21. The van der Waals surface area contributed by atoms with Crippen LogP contribution in [0.5, 0.6) is 5.75 Å². The minimum atomic E-state index is -0.428. The van der Waals surface area contributed by atoms with Gasteiger partial charge >= 0.3 is 0 Å². The summed E-state index contributed by atoms with van der Waals surface area (Å²) in [6, 6.07) is 19.1. The fraction of sp³-hybridized carbons (Fsp3) is 0.208. The number of carbonyl (C=O) groups excluding carboxylic acids is 1. The van der Waals surface area contributed by atoms with Crippen molar-refractivity contribution >= 4 is 12.0 Å². The zero-order chi connectivity index (χ0) is 22.1. The number of nitriles is 1. The quantitative estimate of drug-likeness (QED) is 0.327. The van der Waals surface area contributed by atoms with E-state index in [-0.39, 0.29) is 5.57 Å². The molecule has 0 saturated heterocycles. The summed E-state index contributed by atoms with van der Waals surface area (Å²) >= 11 is 0. The van der Waals surface area contributed by atoms with Gasteiger partial charge in [-0.05, 0) is 36.8 Å². The second-order valence-electron chi connectivity index (χ2n) is 6.72. The van der Waals surface area contributed by atoms with Crippen molar-refractivity contribution in [3.8, 4) is 28.8 Å². The van der Waals surface area contributed by atoms with E-state index in [1.807, 2.05) is 60.7 Å². The van der Waals surface area contributed by atoms with Crippen molar-refractivity contribution < 1.29 is 14.3 Å². The fourth-order valence-electron chi connectivity index (χ4n) is 3.02. The molecule has 1 aromatic heterocycles. The topological polar surface area (TPSA) is 89.2 Å². The number of methoxy groups -OCH3 is 2. The van der Waals surface area contributed by atoms with Gasteiger partial charge in [0.25, 0.3) is 5.91 Å². The van der Waals surface area contributed by atoms with Crippen LogP contribution in [0.4, 0.5) is 0 Å². The summed E-state index contributed by atoms with van der Waals surface area (Å²) in [5.41, 5.74) is 2.99. The highest BCUT2D eigenvalue weighted by Crippen LogP contribution is 2.28. The van der Waals surface area contributed by atoms with Gasteiger partial charge in [-0.25, -0.2) is 4.68 Å². The first kappa shape index (κ1) is 21.8. The molecule has 158 valence electrons. The molecule has 7 heteroatoms. The molecule has 0 aliphatic heterocycles. The number of nitrogens with one attached hydrogen (secondary N) is 1. The molecule has 0 atom stereocenters. The predicted molar refractivity (Wildman–Crippen MR) is 119 cm³/mol. The summed E-state index contributed by atoms with van der Waals surface area (Å²) in [4.78, 5) is 12.5. The van der Waals surface area contributed by atoms with Gasteiger partial charge in [-0.1, -0.05) is 30.3 Å². The monoisotopic (exact) mass is 416 g/mol. The lowest BCUT2D eigenvalue weighted by molar-refractivity contribution is -0.117. The first-order valence-electron chi connectivity index (χ1n) is 9.84. The normalized spacial score (nSPS) is 11.1. The number of hydrogen-bond donors (Lipinski definition) is 1. The summed E-state index contributed by atoms with van der Waals surface area (Å²) in [5.74, 6) is 0.265. The Morgan fingerprint density at radius 1 is 1.19 bits per heavy atom. The predicted octanol–water partition coefficient (Wildman–Crippen LogP) is 3.61. The number of nitrogens with zero attached hydrogens (tertiary/aromatic N) is 3. The summed E-state index contributed by atoms with van der Waals surface area (Å²) in [6.45, 7) is 0.966. The summed E-state index contributed by atoms with van der Waals surface area (Å²) in [5, 5.41) is 17.0. The van der Waals surface area contributed by atoms with Gasteiger partial charge in [-0.2, -0.15) is 10.4 Å². The van der Waals surface area contributed by atoms with E-state index in [1.54, 1.807) is 31.2 Å². The smallest absolute Gasteiger partial charge is 0.261 e. The van der Waals surface area contributed by atoms with Crippen molar-refractivity contribution in [3.05, 3.63) is 71.9 Å². The number of para-hydroxylation sites is 1. The molecule has 0 radical (unpaired) electrons. The Balaban J connectivity index is 2.00. The average molecular weight is 416 g/mol. The van der Waals surface area contributed by atoms with Crippen LogP contribution in [0.15, 0.2) is 66.4 Å². The van der Waals surface area contributed by atoms with Crippen LogP contribution in [-0.4, -0.2) is 43.1 Å². The molecule has 0 aliphatic carbocycles. The van der Waals surface area contributed by atoms with Crippen LogP contribution in [-0.2, 0) is 9.53 Å². The molecule has 1 N–H and O–H groups in total. The van der Waals surface area contributed by atoms with E-state index in [9.17, 15) is 10.1 Å². The lowest BCUT2D eigenvalue weighted by Gasteiger charge is -2.05. The van der Waals surface area contributed by atoms with Gasteiger partial charge in [0, 0.05) is 37.6 Å². The summed E-state index contributed by atoms with van der Waals surface area (Å²) in [6.07, 6.45) is 4.04. The number of ether oxygens (including phenoxy) is 2. The highest BCUT2D eigenvalue weighted by molar-refractivity contribution is 6.02. The van der Waals surface area contributed by atoms with Gasteiger partial charge < -0.3 is 14.8 Å². The van der Waals surface area contributed by atoms with E-state index >= 15 is 0 Å². The Kier molecular flexibility index (Phi) is 7.57. The van der Waals surface area contributed by atoms with E-state index in [4.69, 9.17) is 14.6 Å². The first-order chi connectivity index (χ1) is 15.2. The van der Waals surface area contributed by atoms with Crippen LogP contribution >= 0.6 is 0 Å². The molecule has 1 heterocycles. The number of rotatable bonds is 9. The van der Waals surface area contributed by atoms with Gasteiger partial charge in [0.05, 0.1) is 12.8 Å². The van der Waals surface area contributed by atoms with E-state index < -0.39 is 5.91 Å². The number of carbonyl (C=O) groups is 1. The van der Waals surface area contributed by atoms with Crippen molar-refractivity contribution in [2.24, 2.45) is 0 Å². The lowest BCUT2D eigenvalue weighted by Crippen LogP contribution is -2.26. The van der Waals surface area contributed by atoms with Crippen LogP contribution in [0, 0.1) is 11.3 Å². The number of amides is 1. The van der Waals surface area contributed by atoms with E-state index in [0.717, 1.165) is 11.3 Å². The van der Waals surface area contributed by atoms with Crippen LogP contribution in [0.25, 0.3) is 23.0 Å². The fourth-order valence-corrected chi connectivity index (χ4v) is 3.02. The van der Waals surface area contributed by atoms with Crippen molar-refractivity contribution in [3.63, 3.8) is 0 Å². The molecule has 3 rings (SSSR count). The molecule has 31 heavy (non-hydrogen) atoms. The van der Waals surface area contributed by atoms with E-state index in [0.29, 0.717) is 36.6 Å². The molecule has 3 aromatic rings. The van der Waals surface area contributed by atoms with Crippen LogP contribution in [0.1, 0.15) is 12.0 Å². The van der Waals surface area contributed by atoms with Crippen LogP contribution in [0.2, 0.25) is 0 Å². The Morgan fingerprint density at radius 2 is 2.00 bits per heavy atom. The van der Waals surface area contributed by atoms with Crippen LogP contribution < -0.4 is 10.1 Å². The SMILES string of the molecule is COCCCNC(=O)/C(C#N)=C\c1cn(-c2ccccc2)nc1-c1cccc(OC)c1. The minimum Gasteiger partial charge on any atom is -0.497 e. The Morgan fingerprint density at radius 3 is 2.71 bits per heavy atom. The largest absolute Gasteiger partial charge is 0.497 e. The van der Waals surface area contributed by atoms with E-state index in [1.165, 1.54) is 0 Å². The average Bonchev–Trinajstić information content (AvgIpc) is 3.24. The third-order valence-corrected chi connectivity index (χ3v) is 4.58. The molecule has 0 bridgehead atoms. The molecule has 0 saturated carbocycles. The Labute approximate surface area is 181 Å². The number of hydrogen-bond acceptors (Lipinski definition) is 5. The lowest BCUT2D eigenvalue weighted by atomic mass is 10.1. The third kappa shape index (κ3) is 5.59. The maximum absolute atomic E-state index is 12.5. The van der Waals surface area contributed by atoms with Gasteiger partial charge in [-0.15, -0.1) is 0 Å². The van der Waals surface area contributed by atoms with E-state index in [2.05, 4.69) is 5.32 Å². The molecule has 0 fully saturated rings. The summed E-state index contributed by atoms with van der Waals surface area (Å²) < 4.78 is 12.0. The Hall–Kier alpha value is -3.89. The van der Waals surface area contributed by atoms with Crippen molar-refractivity contribution in [2.45, 2.75) is 6.42 Å². The van der Waals surface area contributed by atoms with Gasteiger partial charge in [0.2, 0.25) is 0 Å². The zero-order valence-corrected chi connectivity index (χ0v) is 17.5. The Bertz CT molecular complexity index is 1100. The molecule has 1 amide bonds. The van der Waals surface area contributed by atoms with Crippen molar-refractivity contribution in [1.29, 1.82) is 5.26 Å². The third-order valence-electron chi connectivity index (χ3n) is 4.58. The van der Waals surface area contributed by atoms with Crippen molar-refractivity contribution in [1.82, 2.24) is 15.1 Å². The second kappa shape index (κ2) is 10.8. The molecule has 7 nitrogen and oxygen atoms in total. The first-order valence-corrected chi connectivity index (χ1v) is 9.84. The molecule has 0 spiro atoms. The van der Waals surface area contributed by atoms with Gasteiger partial charge in [0.1, 0.15) is 23.1 Å². The zero-order valence-electron chi connectivity index (χ0n) is 17.5. The van der Waals surface area contributed by atoms with Crippen molar-refractivity contribution in [2.75, 3.05) is 27.4 Å². The maximum atomic E-state index is 12.5.